The van der Waals surface area contributed by atoms with Crippen molar-refractivity contribution in [3.05, 3.63) is 11.6 Å². The Labute approximate surface area is 144 Å². The number of carbonyl (C=O) groups excluding carboxylic acids is 1. The van der Waals surface area contributed by atoms with Crippen molar-refractivity contribution in [3.63, 3.8) is 0 Å². The minimum absolute atomic E-state index is 0.0170. The number of fused-ring (bicyclic) bond motifs is 3. The minimum atomic E-state index is -0.963. The van der Waals surface area contributed by atoms with E-state index in [1.54, 1.807) is 0 Å². The Balaban J connectivity index is 2.05. The van der Waals surface area contributed by atoms with Crippen LogP contribution in [0.15, 0.2) is 11.6 Å². The van der Waals surface area contributed by atoms with E-state index >= 15 is 0 Å². The van der Waals surface area contributed by atoms with Crippen LogP contribution in [0.4, 0.5) is 0 Å². The lowest BCUT2D eigenvalue weighted by atomic mass is 9.43. The summed E-state index contributed by atoms with van der Waals surface area (Å²) in [5.74, 6) is -0.641. The lowest BCUT2D eigenvalue weighted by Crippen LogP contribution is -2.61. The Morgan fingerprint density at radius 3 is 2.46 bits per heavy atom. The number of aliphatic hydroxyl groups is 1. The quantitative estimate of drug-likeness (QED) is 0.809. The fraction of sp³-hybridized carbons (Fsp3) is 0.800. The molecule has 134 valence electrons. The van der Waals surface area contributed by atoms with Crippen molar-refractivity contribution < 1.29 is 19.8 Å². The summed E-state index contributed by atoms with van der Waals surface area (Å²) in [6, 6.07) is 0. The fourth-order valence-corrected chi connectivity index (χ4v) is 6.08. The van der Waals surface area contributed by atoms with Gasteiger partial charge < -0.3 is 10.2 Å². The normalized spacial score (nSPS) is 45.4. The largest absolute Gasteiger partial charge is 0.481 e. The van der Waals surface area contributed by atoms with Gasteiger partial charge in [0.2, 0.25) is 0 Å². The topological polar surface area (TPSA) is 74.6 Å². The number of Topliss-reactive ketones (excluding diaryl/α,β-unsaturated/α-hetero) is 1. The zero-order chi connectivity index (χ0) is 17.9. The summed E-state index contributed by atoms with van der Waals surface area (Å²) in [6.45, 7) is 7.96. The maximum atomic E-state index is 12.6. The molecule has 0 bridgehead atoms. The third-order valence-corrected chi connectivity index (χ3v) is 7.44. The number of ketones is 1. The molecule has 0 amide bonds. The second-order valence-electron chi connectivity index (χ2n) is 9.10. The molecule has 3 aliphatic rings. The van der Waals surface area contributed by atoms with Gasteiger partial charge in [0.25, 0.3) is 0 Å². The van der Waals surface area contributed by atoms with E-state index < -0.39 is 17.0 Å². The van der Waals surface area contributed by atoms with Gasteiger partial charge in [-0.1, -0.05) is 27.2 Å². The molecule has 0 radical (unpaired) electrons. The maximum Gasteiger partial charge on any atom is 0.309 e. The van der Waals surface area contributed by atoms with Gasteiger partial charge in [-0.25, -0.2) is 0 Å². The molecule has 3 rings (SSSR count). The second-order valence-corrected chi connectivity index (χ2v) is 9.10. The van der Waals surface area contributed by atoms with Crippen LogP contribution in [-0.4, -0.2) is 27.6 Å². The predicted molar refractivity (Wildman–Crippen MR) is 91.4 cm³/mol. The number of hydrogen-bond acceptors (Lipinski definition) is 3. The zero-order valence-electron chi connectivity index (χ0n) is 15.3. The number of carboxylic acid groups (broad SMARTS) is 1. The smallest absolute Gasteiger partial charge is 0.309 e. The Bertz CT molecular complexity index is 607. The Morgan fingerprint density at radius 1 is 1.21 bits per heavy atom. The first kappa shape index (κ1) is 17.7. The SMILES string of the molecule is CC(C)C1=C[C@@]2(O)CC[C@@H]3[C@](C)(CCC[C@@]3(C)C(=O)O)[C@H]2CC1=O. The molecule has 0 aromatic heterocycles. The fourth-order valence-electron chi connectivity index (χ4n) is 6.08. The van der Waals surface area contributed by atoms with Crippen molar-refractivity contribution in [2.45, 2.75) is 71.8 Å². The highest BCUT2D eigenvalue weighted by molar-refractivity contribution is 5.97. The van der Waals surface area contributed by atoms with Crippen LogP contribution in [0.5, 0.6) is 0 Å². The predicted octanol–water partition coefficient (Wildman–Crippen LogP) is 3.58. The molecule has 2 fully saturated rings. The highest BCUT2D eigenvalue weighted by atomic mass is 16.4. The van der Waals surface area contributed by atoms with E-state index in [1.807, 2.05) is 26.8 Å². The van der Waals surface area contributed by atoms with Gasteiger partial charge in [0, 0.05) is 12.3 Å². The highest BCUT2D eigenvalue weighted by Crippen LogP contribution is 2.64. The lowest BCUT2D eigenvalue weighted by molar-refractivity contribution is -0.186. The van der Waals surface area contributed by atoms with E-state index in [0.717, 1.165) is 18.4 Å². The van der Waals surface area contributed by atoms with Crippen LogP contribution in [0.1, 0.15) is 66.2 Å². The number of aliphatic carboxylic acids is 1. The summed E-state index contributed by atoms with van der Waals surface area (Å²) >= 11 is 0. The molecule has 4 heteroatoms. The first-order valence-electron chi connectivity index (χ1n) is 9.26. The summed E-state index contributed by atoms with van der Waals surface area (Å²) in [6.07, 6.45) is 5.87. The van der Waals surface area contributed by atoms with Crippen molar-refractivity contribution in [2.75, 3.05) is 0 Å². The third-order valence-electron chi connectivity index (χ3n) is 7.44. The van der Waals surface area contributed by atoms with E-state index in [1.165, 1.54) is 0 Å². The monoisotopic (exact) mass is 334 g/mol. The van der Waals surface area contributed by atoms with Crippen LogP contribution >= 0.6 is 0 Å². The summed E-state index contributed by atoms with van der Waals surface area (Å²) in [5, 5.41) is 21.2. The Kier molecular flexibility index (Phi) is 3.99. The number of allylic oxidation sites excluding steroid dienone is 1. The Morgan fingerprint density at radius 2 is 1.88 bits per heavy atom. The Hall–Kier alpha value is -1.16. The minimum Gasteiger partial charge on any atom is -0.481 e. The summed E-state index contributed by atoms with van der Waals surface area (Å²) in [4.78, 5) is 24.6. The number of carboxylic acids is 1. The summed E-state index contributed by atoms with van der Waals surface area (Å²) < 4.78 is 0. The van der Waals surface area contributed by atoms with Crippen LogP contribution in [0, 0.1) is 28.6 Å². The van der Waals surface area contributed by atoms with Gasteiger partial charge in [-0.05, 0) is 61.5 Å². The standard InChI is InChI=1S/C20H30O4/c1-12(2)13-11-20(24)9-6-15-18(3,16(20)10-14(13)21)7-5-8-19(15,4)17(22)23/h11-12,15-16,24H,5-10H2,1-4H3,(H,22,23)/t15-,16-,18+,19-,20+/m1/s1. The van der Waals surface area contributed by atoms with E-state index in [2.05, 4.69) is 6.92 Å². The molecule has 0 spiro atoms. The molecule has 4 nitrogen and oxygen atoms in total. The molecule has 0 aromatic carbocycles. The average molecular weight is 334 g/mol. The molecular weight excluding hydrogens is 304 g/mol. The molecular formula is C20H30O4. The van der Waals surface area contributed by atoms with E-state index in [9.17, 15) is 19.8 Å². The maximum absolute atomic E-state index is 12.6. The van der Waals surface area contributed by atoms with Gasteiger partial charge in [0.15, 0.2) is 5.78 Å². The lowest BCUT2D eigenvalue weighted by Gasteiger charge is -2.61. The zero-order valence-corrected chi connectivity index (χ0v) is 15.3. The van der Waals surface area contributed by atoms with Gasteiger partial charge >= 0.3 is 5.97 Å². The van der Waals surface area contributed by atoms with Crippen LogP contribution in [0.2, 0.25) is 0 Å². The highest BCUT2D eigenvalue weighted by Gasteiger charge is 2.63. The molecule has 0 heterocycles. The van der Waals surface area contributed by atoms with E-state index in [4.69, 9.17) is 0 Å². The van der Waals surface area contributed by atoms with Crippen molar-refractivity contribution in [3.8, 4) is 0 Å². The van der Waals surface area contributed by atoms with Crippen LogP contribution < -0.4 is 0 Å². The van der Waals surface area contributed by atoms with Gasteiger partial charge in [0.05, 0.1) is 11.0 Å². The second kappa shape index (κ2) is 5.42. The molecule has 3 aliphatic carbocycles. The van der Waals surface area contributed by atoms with Crippen molar-refractivity contribution >= 4 is 11.8 Å². The van der Waals surface area contributed by atoms with Crippen molar-refractivity contribution in [1.29, 1.82) is 0 Å². The van der Waals surface area contributed by atoms with E-state index in [0.29, 0.717) is 25.7 Å². The first-order valence-corrected chi connectivity index (χ1v) is 9.26. The average Bonchev–Trinajstić information content (AvgIpc) is 2.47. The third kappa shape index (κ3) is 2.29. The number of hydrogen-bond donors (Lipinski definition) is 2. The van der Waals surface area contributed by atoms with Gasteiger partial charge in [-0.3, -0.25) is 9.59 Å². The van der Waals surface area contributed by atoms with Gasteiger partial charge in [-0.2, -0.15) is 0 Å². The number of carbonyl (C=O) groups is 2. The molecule has 2 saturated carbocycles. The van der Waals surface area contributed by atoms with Crippen molar-refractivity contribution in [1.82, 2.24) is 0 Å². The summed E-state index contributed by atoms with van der Waals surface area (Å²) in [5.41, 5.74) is -1.27. The molecule has 24 heavy (non-hydrogen) atoms. The molecule has 2 N–H and O–H groups in total. The van der Waals surface area contributed by atoms with E-state index in [-0.39, 0.29) is 29.0 Å². The molecule has 0 aliphatic heterocycles. The van der Waals surface area contributed by atoms with Gasteiger partial charge in [0.1, 0.15) is 0 Å². The molecule has 0 unspecified atom stereocenters. The van der Waals surface area contributed by atoms with Crippen LogP contribution in [0.25, 0.3) is 0 Å². The number of rotatable bonds is 2. The van der Waals surface area contributed by atoms with Gasteiger partial charge in [-0.15, -0.1) is 0 Å². The molecule has 0 aromatic rings. The molecule has 5 atom stereocenters. The summed E-state index contributed by atoms with van der Waals surface area (Å²) in [7, 11) is 0. The van der Waals surface area contributed by atoms with Crippen LogP contribution in [0.3, 0.4) is 0 Å². The van der Waals surface area contributed by atoms with Crippen LogP contribution in [-0.2, 0) is 9.59 Å². The molecule has 0 saturated heterocycles. The van der Waals surface area contributed by atoms with Crippen molar-refractivity contribution in [2.24, 2.45) is 28.6 Å². The first-order chi connectivity index (χ1) is 11.0.